The average Bonchev–Trinajstić information content (AvgIpc) is 3.28. The van der Waals surface area contributed by atoms with Gasteiger partial charge in [-0.3, -0.25) is 4.57 Å². The second-order valence-electron chi connectivity index (χ2n) is 8.47. The van der Waals surface area contributed by atoms with Crippen LogP contribution in [-0.4, -0.2) is 72.5 Å². The molecule has 1 fully saturated rings. The van der Waals surface area contributed by atoms with E-state index in [1.54, 1.807) is 18.2 Å². The highest BCUT2D eigenvalue weighted by atomic mass is 35.5. The minimum Gasteiger partial charge on any atom is -0.387 e. The summed E-state index contributed by atoms with van der Waals surface area (Å²) in [4.78, 5) is 26.4. The highest BCUT2D eigenvalue weighted by Crippen LogP contribution is 2.39. The van der Waals surface area contributed by atoms with Crippen molar-refractivity contribution in [3.05, 3.63) is 53.2 Å². The van der Waals surface area contributed by atoms with Crippen LogP contribution < -0.4 is 5.32 Å². The Morgan fingerprint density at radius 2 is 1.86 bits per heavy atom. The van der Waals surface area contributed by atoms with Gasteiger partial charge in [0.05, 0.1) is 11.1 Å². The Kier molecular flexibility index (Phi) is 7.43. The summed E-state index contributed by atoms with van der Waals surface area (Å²) < 4.78 is 55.6. The number of ether oxygens (including phenoxy) is 1. The maximum atomic E-state index is 13.3. The molecule has 3 aromatic rings. The third-order valence-electron chi connectivity index (χ3n) is 5.66. The Bertz CT molecular complexity index is 1420. The van der Waals surface area contributed by atoms with E-state index >= 15 is 0 Å². The lowest BCUT2D eigenvalue weighted by Crippen LogP contribution is -2.35. The van der Waals surface area contributed by atoms with Crippen molar-refractivity contribution in [3.8, 4) is 0 Å². The first-order chi connectivity index (χ1) is 16.7. The van der Waals surface area contributed by atoms with Crippen LogP contribution in [0.4, 0.5) is 10.2 Å². The molecule has 16 heteroatoms. The third kappa shape index (κ3) is 5.87. The van der Waals surface area contributed by atoms with Crippen LogP contribution in [0.1, 0.15) is 24.8 Å². The number of nitrogens with zero attached hydrogens (tertiary/aromatic N) is 3. The summed E-state index contributed by atoms with van der Waals surface area (Å²) in [6.45, 7) is 1.83. The lowest BCUT2D eigenvalue weighted by molar-refractivity contribution is -0.0288. The van der Waals surface area contributed by atoms with Crippen LogP contribution in [0.5, 0.6) is 0 Å². The van der Waals surface area contributed by atoms with Gasteiger partial charge in [0.15, 0.2) is 21.6 Å². The van der Waals surface area contributed by atoms with Crippen LogP contribution in [0, 0.1) is 5.82 Å². The highest BCUT2D eigenvalue weighted by molar-refractivity contribution is 7.97. The number of benzene rings is 1. The van der Waals surface area contributed by atoms with Gasteiger partial charge in [0.2, 0.25) is 5.28 Å². The van der Waals surface area contributed by atoms with Gasteiger partial charge in [0.1, 0.15) is 35.6 Å². The molecule has 0 amide bonds. The molecule has 4 rings (SSSR count). The smallest absolute Gasteiger partial charge is 0.340 e. The van der Waals surface area contributed by atoms with Crippen molar-refractivity contribution < 1.29 is 42.1 Å². The Morgan fingerprint density at radius 3 is 2.50 bits per heavy atom. The Hall–Kier alpha value is -2.16. The summed E-state index contributed by atoms with van der Waals surface area (Å²) in [5, 5.41) is 24.5. The molecule has 3 heterocycles. The van der Waals surface area contributed by atoms with Gasteiger partial charge in [-0.2, -0.15) is 4.98 Å². The van der Waals surface area contributed by atoms with E-state index in [4.69, 9.17) is 26.1 Å². The molecule has 0 bridgehead atoms. The molecule has 196 valence electrons. The molecule has 2 aromatic heterocycles. The highest BCUT2D eigenvalue weighted by Gasteiger charge is 2.46. The molecular weight excluding hydrogens is 542 g/mol. The predicted molar refractivity (Wildman–Crippen MR) is 128 cm³/mol. The monoisotopic (exact) mass is 564 g/mol. The Balaban J connectivity index is 1.61. The van der Waals surface area contributed by atoms with E-state index in [0.29, 0.717) is 11.2 Å². The molecule has 0 aliphatic carbocycles. The van der Waals surface area contributed by atoms with Gasteiger partial charge in [0.25, 0.3) is 0 Å². The van der Waals surface area contributed by atoms with Crippen molar-refractivity contribution in [1.29, 1.82) is 0 Å². The van der Waals surface area contributed by atoms with E-state index in [9.17, 15) is 27.6 Å². The van der Waals surface area contributed by atoms with Gasteiger partial charge in [-0.25, -0.2) is 17.8 Å². The second kappa shape index (κ2) is 9.95. The van der Waals surface area contributed by atoms with Gasteiger partial charge in [-0.15, -0.1) is 0 Å². The van der Waals surface area contributed by atoms with Crippen molar-refractivity contribution in [2.45, 2.75) is 37.5 Å². The summed E-state index contributed by atoms with van der Waals surface area (Å²) in [6.07, 6.45) is -4.49. The number of halogens is 2. The van der Waals surface area contributed by atoms with E-state index < -0.39 is 53.2 Å². The molecule has 0 spiro atoms. The number of aliphatic hydroxyl groups is 2. The van der Waals surface area contributed by atoms with Crippen LogP contribution in [0.3, 0.4) is 0 Å². The second-order valence-corrected chi connectivity index (χ2v) is 13.0. The van der Waals surface area contributed by atoms with Crippen LogP contribution in [0.15, 0.2) is 36.5 Å². The molecule has 5 atom stereocenters. The first-order valence-corrected chi connectivity index (χ1v) is 14.6. The summed E-state index contributed by atoms with van der Waals surface area (Å²) in [5.41, 5.74) is -0.432. The lowest BCUT2D eigenvalue weighted by atomic mass is 10.1. The Labute approximate surface area is 209 Å². The fourth-order valence-corrected chi connectivity index (χ4v) is 7.43. The molecule has 0 radical (unpaired) electrons. The minimum absolute atomic E-state index is 0.148. The number of nitrogens with one attached hydrogen (secondary N) is 1. The summed E-state index contributed by atoms with van der Waals surface area (Å²) in [6, 6.07) is 7.18. The van der Waals surface area contributed by atoms with E-state index in [1.807, 2.05) is 6.92 Å². The van der Waals surface area contributed by atoms with Gasteiger partial charge in [-0.05, 0) is 42.3 Å². The molecule has 1 aromatic carbocycles. The van der Waals surface area contributed by atoms with Crippen molar-refractivity contribution >= 4 is 45.9 Å². The van der Waals surface area contributed by atoms with Crippen LogP contribution in [0.2, 0.25) is 5.28 Å². The number of aromatic nitrogens is 3. The Morgan fingerprint density at radius 1 is 1.19 bits per heavy atom. The summed E-state index contributed by atoms with van der Waals surface area (Å²) >= 11 is 6.12. The minimum atomic E-state index is -4.87. The van der Waals surface area contributed by atoms with Crippen molar-refractivity contribution in [3.63, 3.8) is 0 Å². The fourth-order valence-electron chi connectivity index (χ4n) is 4.02. The number of sulfone groups is 1. The van der Waals surface area contributed by atoms with E-state index in [1.165, 1.54) is 22.9 Å². The standard InChI is InChI=1S/C20H23ClFN4O8PS/c1-10(11-2-4-12(22)5-3-11)23-17-13-6-7-26(18(13)25-20(21)24-17)19-16(28)15(27)14(34-19)8-36(32,33)9-35(29,30)31/h2-7,10,14-16,19,27-28H,8-9H2,1H3,(H,23,24,25)(H2,29,30,31)/t10-,14-,15-,16-,19-/m1/s1. The van der Waals surface area contributed by atoms with Crippen LogP contribution in [-0.2, 0) is 19.1 Å². The SMILES string of the molecule is C[C@@H](Nc1nc(Cl)nc2c1ccn2[C@@H]1O[C@H](CS(=O)(=O)CP(=O)(O)O)[C@@H](O)[C@H]1O)c1ccc(F)cc1. The summed E-state index contributed by atoms with van der Waals surface area (Å²) in [7, 11) is -9.19. The normalized spacial score (nSPS) is 23.8. The summed E-state index contributed by atoms with van der Waals surface area (Å²) in [5.74, 6) is -0.959. The molecule has 1 saturated heterocycles. The molecule has 1 aliphatic heterocycles. The van der Waals surface area contributed by atoms with E-state index in [-0.39, 0.29) is 22.8 Å². The number of fused-ring (bicyclic) bond motifs is 1. The number of rotatable bonds is 8. The average molecular weight is 565 g/mol. The van der Waals surface area contributed by atoms with Crippen molar-refractivity contribution in [1.82, 2.24) is 14.5 Å². The number of anilines is 1. The zero-order valence-electron chi connectivity index (χ0n) is 18.6. The van der Waals surface area contributed by atoms with Gasteiger partial charge in [0, 0.05) is 12.2 Å². The number of aliphatic hydroxyl groups excluding tert-OH is 2. The predicted octanol–water partition coefficient (Wildman–Crippen LogP) is 1.57. The third-order valence-corrected chi connectivity index (χ3v) is 9.59. The molecule has 5 N–H and O–H groups in total. The van der Waals surface area contributed by atoms with E-state index in [0.717, 1.165) is 5.56 Å². The topological polar surface area (TPSA) is 184 Å². The van der Waals surface area contributed by atoms with Gasteiger partial charge >= 0.3 is 7.60 Å². The molecule has 0 saturated carbocycles. The number of hydrogen-bond acceptors (Lipinski definition) is 9. The van der Waals surface area contributed by atoms with Crippen molar-refractivity contribution in [2.24, 2.45) is 0 Å². The molecule has 1 aliphatic rings. The van der Waals surface area contributed by atoms with Crippen LogP contribution in [0.25, 0.3) is 11.0 Å². The van der Waals surface area contributed by atoms with Crippen LogP contribution >= 0.6 is 19.2 Å². The van der Waals surface area contributed by atoms with Gasteiger partial charge < -0.3 is 34.6 Å². The molecule has 36 heavy (non-hydrogen) atoms. The zero-order chi connectivity index (χ0) is 26.4. The van der Waals surface area contributed by atoms with E-state index in [2.05, 4.69) is 15.3 Å². The van der Waals surface area contributed by atoms with Gasteiger partial charge in [-0.1, -0.05) is 12.1 Å². The maximum Gasteiger partial charge on any atom is 0.340 e. The maximum absolute atomic E-state index is 13.3. The zero-order valence-corrected chi connectivity index (χ0v) is 21.1. The fraction of sp³-hybridized carbons (Fsp3) is 0.400. The quantitative estimate of drug-likeness (QED) is 0.197. The number of hydrogen-bond donors (Lipinski definition) is 5. The molecular formula is C20H23ClFN4O8PS. The first-order valence-electron chi connectivity index (χ1n) is 10.6. The largest absolute Gasteiger partial charge is 0.387 e. The molecule has 0 unspecified atom stereocenters. The molecule has 12 nitrogen and oxygen atoms in total. The van der Waals surface area contributed by atoms with Crippen molar-refractivity contribution in [2.75, 3.05) is 16.6 Å². The first kappa shape index (κ1) is 26.9. The lowest BCUT2D eigenvalue weighted by Gasteiger charge is -2.19.